The zero-order valence-electron chi connectivity index (χ0n) is 13.0. The second kappa shape index (κ2) is 8.34. The Hall–Kier alpha value is -0.860. The summed E-state index contributed by atoms with van der Waals surface area (Å²) in [6.07, 6.45) is 2.17. The van der Waals surface area contributed by atoms with Gasteiger partial charge in [-0.2, -0.15) is 0 Å². The van der Waals surface area contributed by atoms with E-state index >= 15 is 0 Å². The highest BCUT2D eigenvalue weighted by Crippen LogP contribution is 2.18. The van der Waals surface area contributed by atoms with E-state index in [9.17, 15) is 0 Å². The highest BCUT2D eigenvalue weighted by atomic mass is 15.1. The van der Waals surface area contributed by atoms with Gasteiger partial charge in [0.2, 0.25) is 0 Å². The Morgan fingerprint density at radius 1 is 1.16 bits per heavy atom. The van der Waals surface area contributed by atoms with Gasteiger partial charge in [0, 0.05) is 6.04 Å². The first kappa shape index (κ1) is 16.2. The van der Waals surface area contributed by atoms with Crippen LogP contribution in [0, 0.1) is 5.92 Å². The van der Waals surface area contributed by atoms with Crippen molar-refractivity contribution < 1.29 is 0 Å². The van der Waals surface area contributed by atoms with Gasteiger partial charge in [0.25, 0.3) is 0 Å². The third kappa shape index (κ3) is 5.75. The summed E-state index contributed by atoms with van der Waals surface area (Å²) in [6.45, 7) is 12.2. The molecule has 0 radical (unpaired) electrons. The molecule has 2 nitrogen and oxygen atoms in total. The predicted octanol–water partition coefficient (Wildman–Crippen LogP) is 3.62. The Morgan fingerprint density at radius 3 is 2.42 bits per heavy atom. The van der Waals surface area contributed by atoms with E-state index < -0.39 is 0 Å². The van der Waals surface area contributed by atoms with Gasteiger partial charge in [-0.1, -0.05) is 52.0 Å². The van der Waals surface area contributed by atoms with Gasteiger partial charge in [-0.3, -0.25) is 0 Å². The van der Waals surface area contributed by atoms with Crippen LogP contribution >= 0.6 is 0 Å². The van der Waals surface area contributed by atoms with Gasteiger partial charge >= 0.3 is 0 Å². The van der Waals surface area contributed by atoms with Gasteiger partial charge in [-0.15, -0.1) is 0 Å². The summed E-state index contributed by atoms with van der Waals surface area (Å²) in [5.74, 6) is 0.696. The van der Waals surface area contributed by atoms with Crippen LogP contribution in [0.3, 0.4) is 0 Å². The second-order valence-electron chi connectivity index (χ2n) is 5.77. The molecule has 0 aromatic heterocycles. The van der Waals surface area contributed by atoms with Crippen LogP contribution in [0.4, 0.5) is 0 Å². The van der Waals surface area contributed by atoms with Gasteiger partial charge in [0.1, 0.15) is 0 Å². The van der Waals surface area contributed by atoms with E-state index in [1.165, 1.54) is 11.1 Å². The van der Waals surface area contributed by atoms with Gasteiger partial charge < -0.3 is 10.6 Å². The Morgan fingerprint density at radius 2 is 1.84 bits per heavy atom. The van der Waals surface area contributed by atoms with E-state index in [1.54, 1.807) is 0 Å². The van der Waals surface area contributed by atoms with Crippen LogP contribution in [0.5, 0.6) is 0 Å². The molecule has 0 saturated heterocycles. The third-order valence-electron chi connectivity index (χ3n) is 3.67. The van der Waals surface area contributed by atoms with Crippen LogP contribution in [0.15, 0.2) is 24.3 Å². The molecule has 1 aromatic rings. The number of benzene rings is 1. The molecule has 0 fully saturated rings. The summed E-state index contributed by atoms with van der Waals surface area (Å²) >= 11 is 0. The van der Waals surface area contributed by atoms with Crippen LogP contribution in [0.2, 0.25) is 0 Å². The molecule has 0 aliphatic heterocycles. The van der Waals surface area contributed by atoms with E-state index in [2.05, 4.69) is 56.9 Å². The lowest BCUT2D eigenvalue weighted by molar-refractivity contribution is 0.291. The first-order valence-corrected chi connectivity index (χ1v) is 7.63. The van der Waals surface area contributed by atoms with Crippen molar-refractivity contribution in [2.75, 3.05) is 19.6 Å². The van der Waals surface area contributed by atoms with Gasteiger partial charge in [-0.05, 0) is 49.5 Å². The van der Waals surface area contributed by atoms with Crippen LogP contribution in [-0.4, -0.2) is 24.5 Å². The first-order chi connectivity index (χ1) is 9.06. The molecule has 1 unspecified atom stereocenters. The predicted molar refractivity (Wildman–Crippen MR) is 84.3 cm³/mol. The fourth-order valence-electron chi connectivity index (χ4n) is 2.45. The summed E-state index contributed by atoms with van der Waals surface area (Å²) in [5, 5.41) is 0. The van der Waals surface area contributed by atoms with Crippen molar-refractivity contribution in [3.8, 4) is 0 Å². The van der Waals surface area contributed by atoms with Gasteiger partial charge in [0.05, 0.1) is 0 Å². The molecule has 1 rings (SSSR count). The maximum Gasteiger partial charge on any atom is 0.0307 e. The van der Waals surface area contributed by atoms with Crippen molar-refractivity contribution in [3.63, 3.8) is 0 Å². The lowest BCUT2D eigenvalue weighted by Crippen LogP contribution is -2.27. The minimum Gasteiger partial charge on any atom is -0.324 e. The van der Waals surface area contributed by atoms with Crippen molar-refractivity contribution in [2.45, 2.75) is 46.6 Å². The highest BCUT2D eigenvalue weighted by molar-refractivity contribution is 5.26. The first-order valence-electron chi connectivity index (χ1n) is 7.63. The molecule has 0 saturated carbocycles. The lowest BCUT2D eigenvalue weighted by atomic mass is 9.97. The van der Waals surface area contributed by atoms with Crippen LogP contribution in [0.25, 0.3) is 0 Å². The molecule has 2 N–H and O–H groups in total. The average molecular weight is 262 g/mol. The summed E-state index contributed by atoms with van der Waals surface area (Å²) < 4.78 is 0. The second-order valence-corrected chi connectivity index (χ2v) is 5.77. The number of nitrogens with two attached hydrogens (primary N) is 1. The number of rotatable bonds is 8. The largest absolute Gasteiger partial charge is 0.324 e. The molecule has 108 valence electrons. The molecule has 0 aliphatic rings. The van der Waals surface area contributed by atoms with Crippen LogP contribution < -0.4 is 5.73 Å². The number of hydrogen-bond acceptors (Lipinski definition) is 2. The van der Waals surface area contributed by atoms with Crippen molar-refractivity contribution in [2.24, 2.45) is 11.7 Å². The monoisotopic (exact) mass is 262 g/mol. The molecular weight excluding hydrogens is 232 g/mol. The molecule has 0 amide bonds. The normalized spacial score (nSPS) is 13.2. The minimum absolute atomic E-state index is 0.160. The Kier molecular flexibility index (Phi) is 7.11. The van der Waals surface area contributed by atoms with E-state index in [-0.39, 0.29) is 6.04 Å². The van der Waals surface area contributed by atoms with E-state index in [0.29, 0.717) is 5.92 Å². The standard InChI is InChI=1S/C17H30N2/c1-5-19(6-2)11-10-17(18)16-9-7-8-15(13-16)12-14(3)4/h7-9,13-14,17H,5-6,10-12,18H2,1-4H3. The van der Waals surface area contributed by atoms with Crippen molar-refractivity contribution in [1.29, 1.82) is 0 Å². The molecule has 1 aromatic carbocycles. The molecule has 2 heteroatoms. The highest BCUT2D eigenvalue weighted by Gasteiger charge is 2.09. The van der Waals surface area contributed by atoms with E-state index in [1.807, 2.05) is 0 Å². The smallest absolute Gasteiger partial charge is 0.0307 e. The summed E-state index contributed by atoms with van der Waals surface area (Å²) in [4.78, 5) is 2.43. The van der Waals surface area contributed by atoms with Crippen molar-refractivity contribution >= 4 is 0 Å². The molecule has 1 atom stereocenters. The van der Waals surface area contributed by atoms with Crippen LogP contribution in [-0.2, 0) is 6.42 Å². The molecule has 0 spiro atoms. The average Bonchev–Trinajstić information content (AvgIpc) is 2.39. The van der Waals surface area contributed by atoms with Gasteiger partial charge in [0.15, 0.2) is 0 Å². The number of nitrogens with zero attached hydrogens (tertiary/aromatic N) is 1. The SMILES string of the molecule is CCN(CC)CCC(N)c1cccc(CC(C)C)c1. The summed E-state index contributed by atoms with van der Waals surface area (Å²) in [5.41, 5.74) is 9.02. The molecule has 0 heterocycles. The third-order valence-corrected chi connectivity index (χ3v) is 3.67. The van der Waals surface area contributed by atoms with Crippen molar-refractivity contribution in [3.05, 3.63) is 35.4 Å². The molecule has 0 aliphatic carbocycles. The fourth-order valence-corrected chi connectivity index (χ4v) is 2.45. The number of hydrogen-bond donors (Lipinski definition) is 1. The fraction of sp³-hybridized carbons (Fsp3) is 0.647. The van der Waals surface area contributed by atoms with E-state index in [0.717, 1.165) is 32.5 Å². The molecule has 19 heavy (non-hydrogen) atoms. The topological polar surface area (TPSA) is 29.3 Å². The van der Waals surface area contributed by atoms with Gasteiger partial charge in [-0.25, -0.2) is 0 Å². The quantitative estimate of drug-likeness (QED) is 0.775. The van der Waals surface area contributed by atoms with Crippen LogP contribution in [0.1, 0.15) is 51.3 Å². The lowest BCUT2D eigenvalue weighted by Gasteiger charge is -2.21. The maximum atomic E-state index is 6.33. The Balaban J connectivity index is 2.58. The molecular formula is C17H30N2. The summed E-state index contributed by atoms with van der Waals surface area (Å²) in [6, 6.07) is 8.96. The Bertz CT molecular complexity index is 356. The summed E-state index contributed by atoms with van der Waals surface area (Å²) in [7, 11) is 0. The maximum absolute atomic E-state index is 6.33. The van der Waals surface area contributed by atoms with Crippen molar-refractivity contribution in [1.82, 2.24) is 4.90 Å². The zero-order valence-corrected chi connectivity index (χ0v) is 13.0. The Labute approximate surface area is 119 Å². The molecule has 0 bridgehead atoms. The minimum atomic E-state index is 0.160. The zero-order chi connectivity index (χ0) is 14.3. The van der Waals surface area contributed by atoms with E-state index in [4.69, 9.17) is 5.73 Å².